The lowest BCUT2D eigenvalue weighted by atomic mass is 10.1. The van der Waals surface area contributed by atoms with E-state index in [4.69, 9.17) is 4.42 Å². The summed E-state index contributed by atoms with van der Waals surface area (Å²) in [5.41, 5.74) is 2.02. The van der Waals surface area contributed by atoms with Gasteiger partial charge in [-0.1, -0.05) is 24.3 Å². The third kappa shape index (κ3) is 2.72. The lowest BCUT2D eigenvalue weighted by molar-refractivity contribution is 0.0786. The quantitative estimate of drug-likeness (QED) is 0.727. The number of furan rings is 1. The van der Waals surface area contributed by atoms with E-state index in [0.29, 0.717) is 17.7 Å². The number of carbonyl (C=O) groups excluding carboxylic acids is 1. The standard InChI is InChI=1S/C18H16FNO2/c1-12-10-14-4-3-5-16(17(14)22-12)18(21)20(2)11-13-6-8-15(19)9-7-13/h3-10H,11H2,1-2H3. The van der Waals surface area contributed by atoms with Gasteiger partial charge in [-0.3, -0.25) is 4.79 Å². The third-order valence-corrected chi connectivity index (χ3v) is 3.58. The zero-order valence-electron chi connectivity index (χ0n) is 12.5. The number of carbonyl (C=O) groups is 1. The maximum atomic E-state index is 12.9. The van der Waals surface area contributed by atoms with E-state index in [1.165, 1.54) is 12.1 Å². The Kier molecular flexibility index (Phi) is 3.67. The van der Waals surface area contributed by atoms with E-state index in [0.717, 1.165) is 16.7 Å². The molecule has 0 atom stereocenters. The first-order valence-corrected chi connectivity index (χ1v) is 7.03. The fourth-order valence-electron chi connectivity index (χ4n) is 2.50. The van der Waals surface area contributed by atoms with Crippen molar-refractivity contribution in [3.63, 3.8) is 0 Å². The minimum Gasteiger partial charge on any atom is -0.461 e. The molecule has 0 saturated carbocycles. The summed E-state index contributed by atoms with van der Waals surface area (Å²) in [5.74, 6) is 0.370. The van der Waals surface area contributed by atoms with E-state index >= 15 is 0 Å². The fraction of sp³-hybridized carbons (Fsp3) is 0.167. The lowest BCUT2D eigenvalue weighted by Gasteiger charge is -2.17. The predicted octanol–water partition coefficient (Wildman–Crippen LogP) is 4.15. The molecule has 1 heterocycles. The maximum Gasteiger partial charge on any atom is 0.257 e. The van der Waals surface area contributed by atoms with Gasteiger partial charge in [0.2, 0.25) is 0 Å². The Morgan fingerprint density at radius 2 is 1.91 bits per heavy atom. The monoisotopic (exact) mass is 297 g/mol. The van der Waals surface area contributed by atoms with Crippen LogP contribution in [0.25, 0.3) is 11.0 Å². The molecule has 0 bridgehead atoms. The van der Waals surface area contributed by atoms with Crippen molar-refractivity contribution in [3.8, 4) is 0 Å². The van der Waals surface area contributed by atoms with Gasteiger partial charge in [-0.25, -0.2) is 4.39 Å². The van der Waals surface area contributed by atoms with Gasteiger partial charge in [-0.15, -0.1) is 0 Å². The fourth-order valence-corrected chi connectivity index (χ4v) is 2.50. The predicted molar refractivity (Wildman–Crippen MR) is 83.1 cm³/mol. The van der Waals surface area contributed by atoms with Gasteiger partial charge in [0.25, 0.3) is 5.91 Å². The van der Waals surface area contributed by atoms with E-state index in [2.05, 4.69) is 0 Å². The second-order valence-corrected chi connectivity index (χ2v) is 5.37. The van der Waals surface area contributed by atoms with Crippen molar-refractivity contribution in [2.75, 3.05) is 7.05 Å². The third-order valence-electron chi connectivity index (χ3n) is 3.58. The number of para-hydroxylation sites is 1. The normalized spacial score (nSPS) is 10.9. The zero-order valence-corrected chi connectivity index (χ0v) is 12.5. The summed E-state index contributed by atoms with van der Waals surface area (Å²) in [6.45, 7) is 2.27. The first kappa shape index (κ1) is 14.3. The number of rotatable bonds is 3. The van der Waals surface area contributed by atoms with Crippen LogP contribution >= 0.6 is 0 Å². The Balaban J connectivity index is 1.87. The van der Waals surface area contributed by atoms with Crippen LogP contribution in [0.2, 0.25) is 0 Å². The van der Waals surface area contributed by atoms with Crippen molar-refractivity contribution in [2.24, 2.45) is 0 Å². The molecular formula is C18H16FNO2. The second-order valence-electron chi connectivity index (χ2n) is 5.37. The Hall–Kier alpha value is -2.62. The molecule has 0 N–H and O–H groups in total. The van der Waals surface area contributed by atoms with Gasteiger partial charge in [-0.2, -0.15) is 0 Å². The number of aryl methyl sites for hydroxylation is 1. The molecule has 112 valence electrons. The van der Waals surface area contributed by atoms with Crippen LogP contribution in [0.5, 0.6) is 0 Å². The van der Waals surface area contributed by atoms with E-state index in [1.54, 1.807) is 30.1 Å². The minimum atomic E-state index is -0.284. The molecule has 0 fully saturated rings. The molecule has 0 radical (unpaired) electrons. The first-order chi connectivity index (χ1) is 10.5. The number of benzene rings is 2. The molecule has 0 unspecified atom stereocenters. The molecule has 1 amide bonds. The van der Waals surface area contributed by atoms with Gasteiger partial charge in [0.15, 0.2) is 0 Å². The van der Waals surface area contributed by atoms with E-state index < -0.39 is 0 Å². The van der Waals surface area contributed by atoms with Gasteiger partial charge in [0.05, 0.1) is 5.56 Å². The van der Waals surface area contributed by atoms with Crippen LogP contribution in [0, 0.1) is 12.7 Å². The Morgan fingerprint density at radius 1 is 1.18 bits per heavy atom. The summed E-state index contributed by atoms with van der Waals surface area (Å²) in [4.78, 5) is 14.2. The number of halogens is 1. The topological polar surface area (TPSA) is 33.5 Å². The number of hydrogen-bond donors (Lipinski definition) is 0. The molecular weight excluding hydrogens is 281 g/mol. The average molecular weight is 297 g/mol. The van der Waals surface area contributed by atoms with Gasteiger partial charge in [-0.05, 0) is 36.8 Å². The van der Waals surface area contributed by atoms with Gasteiger partial charge in [0, 0.05) is 19.0 Å². The Bertz CT molecular complexity index is 821. The van der Waals surface area contributed by atoms with Gasteiger partial charge < -0.3 is 9.32 Å². The van der Waals surface area contributed by atoms with Crippen LogP contribution in [0.1, 0.15) is 21.7 Å². The molecule has 0 saturated heterocycles. The van der Waals surface area contributed by atoms with Crippen LogP contribution in [-0.4, -0.2) is 17.9 Å². The minimum absolute atomic E-state index is 0.121. The molecule has 2 aromatic carbocycles. The molecule has 4 heteroatoms. The maximum absolute atomic E-state index is 12.9. The molecule has 3 nitrogen and oxygen atoms in total. The first-order valence-electron chi connectivity index (χ1n) is 7.03. The summed E-state index contributed by atoms with van der Waals surface area (Å²) in [6, 6.07) is 13.6. The van der Waals surface area contributed by atoms with Crippen molar-refractivity contribution in [2.45, 2.75) is 13.5 Å². The van der Waals surface area contributed by atoms with Crippen molar-refractivity contribution in [3.05, 3.63) is 71.2 Å². The Morgan fingerprint density at radius 3 is 2.64 bits per heavy atom. The summed E-state index contributed by atoms with van der Waals surface area (Å²) in [7, 11) is 1.72. The summed E-state index contributed by atoms with van der Waals surface area (Å²) in [6.07, 6.45) is 0. The molecule has 1 aromatic heterocycles. The van der Waals surface area contributed by atoms with Gasteiger partial charge >= 0.3 is 0 Å². The van der Waals surface area contributed by atoms with E-state index in [9.17, 15) is 9.18 Å². The number of nitrogens with zero attached hydrogens (tertiary/aromatic N) is 1. The van der Waals surface area contributed by atoms with Crippen LogP contribution < -0.4 is 0 Å². The molecule has 0 aliphatic rings. The largest absolute Gasteiger partial charge is 0.461 e. The molecule has 3 aromatic rings. The summed E-state index contributed by atoms with van der Waals surface area (Å²) < 4.78 is 18.6. The SMILES string of the molecule is Cc1cc2cccc(C(=O)N(C)Cc3ccc(F)cc3)c2o1. The number of hydrogen-bond acceptors (Lipinski definition) is 2. The highest BCUT2D eigenvalue weighted by Gasteiger charge is 2.17. The molecule has 0 aliphatic heterocycles. The highest BCUT2D eigenvalue weighted by atomic mass is 19.1. The molecule has 0 aliphatic carbocycles. The number of amides is 1. The van der Waals surface area contributed by atoms with Crippen LogP contribution in [0.15, 0.2) is 52.9 Å². The second kappa shape index (κ2) is 5.64. The van der Waals surface area contributed by atoms with E-state index in [1.807, 2.05) is 25.1 Å². The zero-order chi connectivity index (χ0) is 15.7. The highest BCUT2D eigenvalue weighted by Crippen LogP contribution is 2.24. The van der Waals surface area contributed by atoms with Crippen molar-refractivity contribution in [1.29, 1.82) is 0 Å². The van der Waals surface area contributed by atoms with Crippen LogP contribution in [-0.2, 0) is 6.54 Å². The Labute approximate surface area is 128 Å². The molecule has 22 heavy (non-hydrogen) atoms. The van der Waals surface area contributed by atoms with Crippen LogP contribution in [0.4, 0.5) is 4.39 Å². The van der Waals surface area contributed by atoms with Crippen molar-refractivity contribution < 1.29 is 13.6 Å². The highest BCUT2D eigenvalue weighted by molar-refractivity contribution is 6.04. The lowest BCUT2D eigenvalue weighted by Crippen LogP contribution is -2.26. The van der Waals surface area contributed by atoms with Crippen molar-refractivity contribution in [1.82, 2.24) is 4.90 Å². The smallest absolute Gasteiger partial charge is 0.257 e. The summed E-state index contributed by atoms with van der Waals surface area (Å²) in [5, 5.41) is 0.915. The van der Waals surface area contributed by atoms with Crippen LogP contribution in [0.3, 0.4) is 0 Å². The average Bonchev–Trinajstić information content (AvgIpc) is 2.88. The molecule has 0 spiro atoms. The van der Waals surface area contributed by atoms with E-state index in [-0.39, 0.29) is 11.7 Å². The van der Waals surface area contributed by atoms with Gasteiger partial charge in [0.1, 0.15) is 17.2 Å². The number of fused-ring (bicyclic) bond motifs is 1. The molecule has 3 rings (SSSR count). The van der Waals surface area contributed by atoms with Crippen molar-refractivity contribution >= 4 is 16.9 Å². The summed E-state index contributed by atoms with van der Waals surface area (Å²) >= 11 is 0.